The number of ether oxygens (including phenoxy) is 1. The molecule has 0 aliphatic carbocycles. The monoisotopic (exact) mass is 280 g/mol. The first kappa shape index (κ1) is 17.1. The van der Waals surface area contributed by atoms with E-state index in [1.54, 1.807) is 6.20 Å². The van der Waals surface area contributed by atoms with Crippen LogP contribution < -0.4 is 5.59 Å². The largest absolute Gasteiger partial charge is 0.509 e. The fourth-order valence-corrected chi connectivity index (χ4v) is 1.87. The molecule has 0 saturated carbocycles. The highest BCUT2D eigenvalue weighted by Crippen LogP contribution is 2.02. The van der Waals surface area contributed by atoms with Crippen LogP contribution in [-0.2, 0) is 11.2 Å². The van der Waals surface area contributed by atoms with Gasteiger partial charge in [0.25, 0.3) is 0 Å². The molecule has 0 unspecified atom stereocenters. The standard InChI is InChI=1S/C14H25BN2O3/c1-2-3-4-6-9-20-10-7-5-8-13-11-17-14(12-16-13)15(18)19/h11-12,18-19H,2-10H2,1H3. The zero-order chi connectivity index (χ0) is 14.6. The maximum absolute atomic E-state index is 8.90. The van der Waals surface area contributed by atoms with E-state index in [-0.39, 0.29) is 5.59 Å². The van der Waals surface area contributed by atoms with Gasteiger partial charge in [-0.3, -0.25) is 9.97 Å². The minimum absolute atomic E-state index is 0.184. The van der Waals surface area contributed by atoms with E-state index in [4.69, 9.17) is 14.8 Å². The number of aryl methyl sites for hydroxylation is 1. The minimum atomic E-state index is -1.54. The third-order valence-electron chi connectivity index (χ3n) is 3.10. The number of aromatic nitrogens is 2. The van der Waals surface area contributed by atoms with Crippen molar-refractivity contribution in [1.29, 1.82) is 0 Å². The molecule has 112 valence electrons. The number of unbranched alkanes of at least 4 members (excludes halogenated alkanes) is 4. The Bertz CT molecular complexity index is 347. The van der Waals surface area contributed by atoms with Crippen LogP contribution in [-0.4, -0.2) is 40.3 Å². The zero-order valence-corrected chi connectivity index (χ0v) is 12.3. The van der Waals surface area contributed by atoms with Crippen molar-refractivity contribution in [2.75, 3.05) is 13.2 Å². The third-order valence-corrected chi connectivity index (χ3v) is 3.10. The Kier molecular flexibility index (Phi) is 9.20. The molecular weight excluding hydrogens is 255 g/mol. The normalized spacial score (nSPS) is 10.8. The molecule has 0 saturated heterocycles. The van der Waals surface area contributed by atoms with Crippen molar-refractivity contribution in [2.24, 2.45) is 0 Å². The van der Waals surface area contributed by atoms with Crippen LogP contribution in [0.1, 0.15) is 51.1 Å². The average molecular weight is 280 g/mol. The van der Waals surface area contributed by atoms with Crippen molar-refractivity contribution in [3.8, 4) is 0 Å². The van der Waals surface area contributed by atoms with Gasteiger partial charge in [-0.25, -0.2) is 0 Å². The molecule has 1 heterocycles. The van der Waals surface area contributed by atoms with Crippen LogP contribution >= 0.6 is 0 Å². The number of nitrogens with zero attached hydrogens (tertiary/aromatic N) is 2. The smallest absolute Gasteiger partial charge is 0.422 e. The Labute approximate surface area is 121 Å². The quantitative estimate of drug-likeness (QED) is 0.468. The van der Waals surface area contributed by atoms with Crippen molar-refractivity contribution in [1.82, 2.24) is 9.97 Å². The van der Waals surface area contributed by atoms with Crippen molar-refractivity contribution >= 4 is 12.7 Å². The second-order valence-electron chi connectivity index (χ2n) is 4.94. The first-order valence-electron chi connectivity index (χ1n) is 7.48. The molecule has 0 aliphatic heterocycles. The van der Waals surface area contributed by atoms with Gasteiger partial charge >= 0.3 is 7.12 Å². The number of hydrogen-bond acceptors (Lipinski definition) is 5. The summed E-state index contributed by atoms with van der Waals surface area (Å²) in [7, 11) is -1.54. The highest BCUT2D eigenvalue weighted by atomic mass is 16.5. The lowest BCUT2D eigenvalue weighted by Crippen LogP contribution is -2.33. The summed E-state index contributed by atoms with van der Waals surface area (Å²) in [5.41, 5.74) is 1.06. The molecule has 0 bridgehead atoms. The van der Waals surface area contributed by atoms with E-state index in [9.17, 15) is 0 Å². The Hall–Kier alpha value is -0.975. The van der Waals surface area contributed by atoms with Gasteiger partial charge in [-0.2, -0.15) is 0 Å². The summed E-state index contributed by atoms with van der Waals surface area (Å²) in [6.45, 7) is 3.87. The Morgan fingerprint density at radius 2 is 1.75 bits per heavy atom. The lowest BCUT2D eigenvalue weighted by Gasteiger charge is -2.04. The molecule has 20 heavy (non-hydrogen) atoms. The molecule has 0 radical (unpaired) electrons. The van der Waals surface area contributed by atoms with Gasteiger partial charge in [-0.15, -0.1) is 0 Å². The Morgan fingerprint density at radius 1 is 1.00 bits per heavy atom. The highest BCUT2D eigenvalue weighted by Gasteiger charge is 2.12. The molecule has 0 spiro atoms. The summed E-state index contributed by atoms with van der Waals surface area (Å²) in [6.07, 6.45) is 10.8. The second-order valence-corrected chi connectivity index (χ2v) is 4.94. The molecule has 1 aromatic heterocycles. The van der Waals surface area contributed by atoms with Crippen LogP contribution in [0.3, 0.4) is 0 Å². The van der Waals surface area contributed by atoms with Crippen molar-refractivity contribution in [3.63, 3.8) is 0 Å². The van der Waals surface area contributed by atoms with E-state index in [0.29, 0.717) is 0 Å². The fraction of sp³-hybridized carbons (Fsp3) is 0.714. The fourth-order valence-electron chi connectivity index (χ4n) is 1.87. The summed E-state index contributed by atoms with van der Waals surface area (Å²) in [4.78, 5) is 8.09. The molecule has 1 aromatic rings. The van der Waals surface area contributed by atoms with Gasteiger partial charge in [-0.1, -0.05) is 26.2 Å². The van der Waals surface area contributed by atoms with Gasteiger partial charge < -0.3 is 14.8 Å². The molecular formula is C14H25BN2O3. The predicted octanol–water partition coefficient (Wildman–Crippen LogP) is 1.08. The molecule has 0 amide bonds. The van der Waals surface area contributed by atoms with E-state index in [0.717, 1.165) is 44.6 Å². The van der Waals surface area contributed by atoms with Gasteiger partial charge in [-0.05, 0) is 25.7 Å². The first-order chi connectivity index (χ1) is 9.74. The molecule has 6 heteroatoms. The van der Waals surface area contributed by atoms with E-state index >= 15 is 0 Å². The SMILES string of the molecule is CCCCCCOCCCCc1cnc(B(O)O)cn1. The van der Waals surface area contributed by atoms with Crippen molar-refractivity contribution in [2.45, 2.75) is 51.9 Å². The maximum Gasteiger partial charge on any atom is 0.509 e. The van der Waals surface area contributed by atoms with Crippen molar-refractivity contribution in [3.05, 3.63) is 18.1 Å². The number of hydrogen-bond donors (Lipinski definition) is 2. The maximum atomic E-state index is 8.90. The summed E-state index contributed by atoms with van der Waals surface area (Å²) in [5.74, 6) is 0. The third kappa shape index (κ3) is 7.57. The van der Waals surface area contributed by atoms with Gasteiger partial charge in [0.15, 0.2) is 0 Å². The van der Waals surface area contributed by atoms with E-state index in [1.807, 2.05) is 0 Å². The Balaban J connectivity index is 2.01. The topological polar surface area (TPSA) is 75.5 Å². The predicted molar refractivity (Wildman–Crippen MR) is 79.8 cm³/mol. The van der Waals surface area contributed by atoms with Gasteiger partial charge in [0.2, 0.25) is 0 Å². The van der Waals surface area contributed by atoms with Crippen LogP contribution in [0.4, 0.5) is 0 Å². The van der Waals surface area contributed by atoms with Gasteiger partial charge in [0.05, 0.1) is 11.3 Å². The molecule has 5 nitrogen and oxygen atoms in total. The molecule has 2 N–H and O–H groups in total. The Morgan fingerprint density at radius 3 is 2.35 bits per heavy atom. The van der Waals surface area contributed by atoms with Crippen LogP contribution in [0.5, 0.6) is 0 Å². The van der Waals surface area contributed by atoms with Crippen molar-refractivity contribution < 1.29 is 14.8 Å². The zero-order valence-electron chi connectivity index (χ0n) is 12.3. The summed E-state index contributed by atoms with van der Waals surface area (Å²) in [5, 5.41) is 17.8. The summed E-state index contributed by atoms with van der Waals surface area (Å²) >= 11 is 0. The molecule has 0 atom stereocenters. The minimum Gasteiger partial charge on any atom is -0.422 e. The van der Waals surface area contributed by atoms with Crippen LogP contribution in [0.15, 0.2) is 12.4 Å². The van der Waals surface area contributed by atoms with Crippen LogP contribution in [0.2, 0.25) is 0 Å². The van der Waals surface area contributed by atoms with E-state index < -0.39 is 7.12 Å². The molecule has 0 aromatic carbocycles. The van der Waals surface area contributed by atoms with Crippen LogP contribution in [0.25, 0.3) is 0 Å². The molecule has 0 aliphatic rings. The molecule has 0 fully saturated rings. The summed E-state index contributed by atoms with van der Waals surface area (Å²) < 4.78 is 5.57. The lowest BCUT2D eigenvalue weighted by molar-refractivity contribution is 0.126. The van der Waals surface area contributed by atoms with E-state index in [1.165, 1.54) is 25.5 Å². The molecule has 1 rings (SSSR count). The summed E-state index contributed by atoms with van der Waals surface area (Å²) in [6, 6.07) is 0. The second kappa shape index (κ2) is 10.8. The highest BCUT2D eigenvalue weighted by molar-refractivity contribution is 6.57. The first-order valence-corrected chi connectivity index (χ1v) is 7.48. The average Bonchev–Trinajstić information content (AvgIpc) is 2.46. The van der Waals surface area contributed by atoms with E-state index in [2.05, 4.69) is 16.9 Å². The lowest BCUT2D eigenvalue weighted by atomic mass is 9.87. The van der Waals surface area contributed by atoms with Gasteiger partial charge in [0.1, 0.15) is 0 Å². The number of rotatable bonds is 11. The van der Waals surface area contributed by atoms with Crippen LogP contribution in [0, 0.1) is 0 Å². The van der Waals surface area contributed by atoms with Gasteiger partial charge in [0, 0.05) is 25.6 Å².